The molecule has 0 unspecified atom stereocenters. The van der Waals surface area contributed by atoms with Crippen LogP contribution < -0.4 is 0 Å². The number of hydrogen-bond acceptors (Lipinski definition) is 3. The lowest BCUT2D eigenvalue weighted by Gasteiger charge is -2.13. The molecule has 0 aliphatic rings. The molecule has 290 valence electrons. The Labute approximate surface area is 390 Å². The van der Waals surface area contributed by atoms with Crippen molar-refractivity contribution in [2.75, 3.05) is 0 Å². The standard InChI is InChI=1S/C57H37N5/c1-4-17-38(18-5-1)41-23-14-25-43(33-41)44-26-16-28-46(35-44)61-51-31-12-10-29-47(51)49-36-50-48-30-11-13-32-52(48)62(54(50)37-53(49)61)57-59-55(40-21-8-3-9-22-40)58-56(60-57)45-27-15-24-42(34-45)39-19-6-2-7-20-39/h1-37H/i1D,4D,5D,10D,11D,12D,13D,14D,16D,17D,18D,23D,25D,26D,28D,29D,30D,31D,32D,33D,35D,36D,37D. The summed E-state index contributed by atoms with van der Waals surface area (Å²) < 4.78 is 213. The Hall–Kier alpha value is -8.41. The van der Waals surface area contributed by atoms with Crippen LogP contribution in [0.1, 0.15) is 31.5 Å². The fraction of sp³-hybridized carbons (Fsp3) is 0. The van der Waals surface area contributed by atoms with E-state index in [0.29, 0.717) is 11.1 Å². The van der Waals surface area contributed by atoms with Crippen molar-refractivity contribution < 1.29 is 31.5 Å². The Kier molecular flexibility index (Phi) is 4.58. The van der Waals surface area contributed by atoms with E-state index in [-0.39, 0.29) is 33.9 Å². The first-order valence-electron chi connectivity index (χ1n) is 30.6. The second-order valence-electron chi connectivity index (χ2n) is 13.9. The van der Waals surface area contributed by atoms with Crippen LogP contribution in [0.25, 0.3) is 111 Å². The van der Waals surface area contributed by atoms with Crippen LogP contribution >= 0.6 is 0 Å². The molecule has 3 aromatic heterocycles. The molecule has 0 saturated heterocycles. The predicted molar refractivity (Wildman–Crippen MR) is 256 cm³/mol. The molecule has 5 heteroatoms. The van der Waals surface area contributed by atoms with E-state index in [1.807, 2.05) is 42.5 Å². The third kappa shape index (κ3) is 6.06. The second kappa shape index (κ2) is 14.7. The molecule has 0 radical (unpaired) electrons. The molecule has 3 heterocycles. The normalized spacial score (nSPS) is 16.7. The fourth-order valence-corrected chi connectivity index (χ4v) is 7.45. The predicted octanol–water partition coefficient (Wildman–Crippen LogP) is 14.4. The highest BCUT2D eigenvalue weighted by Crippen LogP contribution is 2.40. The molecule has 5 nitrogen and oxygen atoms in total. The molecule has 0 saturated carbocycles. The Morgan fingerprint density at radius 2 is 0.855 bits per heavy atom. The summed E-state index contributed by atoms with van der Waals surface area (Å²) in [5.41, 5.74) is -3.44. The van der Waals surface area contributed by atoms with E-state index in [0.717, 1.165) is 20.3 Å². The minimum Gasteiger partial charge on any atom is -0.309 e. The SMILES string of the molecule is [2H]c1c([2H])c([2H])c(-c2c([2H])c([2H])c([2H])c(-c3c([2H])c([2H])c([2H])c(-n4c5c([2H])c([2H])c([2H])c([2H])c5c5c([2H])c6c7c([2H])c([2H])c([2H])c([2H])c7n(-c7nc(-c8ccccc8)nc(-c8cccc(-c9ccccc9)c8)n7)c6c([2H])c54)c3[2H])c2[2H])c([2H])c1[2H]. The molecule has 62 heavy (non-hydrogen) atoms. The summed E-state index contributed by atoms with van der Waals surface area (Å²) in [7, 11) is 0. The highest BCUT2D eigenvalue weighted by atomic mass is 15.2. The fourth-order valence-electron chi connectivity index (χ4n) is 7.45. The van der Waals surface area contributed by atoms with Gasteiger partial charge in [-0.25, -0.2) is 4.98 Å². The second-order valence-corrected chi connectivity index (χ2v) is 13.9. The Balaban J connectivity index is 1.27. The van der Waals surface area contributed by atoms with E-state index >= 15 is 0 Å². The maximum absolute atomic E-state index is 10.5. The van der Waals surface area contributed by atoms with Gasteiger partial charge in [0.1, 0.15) is 0 Å². The lowest BCUT2D eigenvalue weighted by Crippen LogP contribution is -2.06. The molecule has 0 atom stereocenters. The van der Waals surface area contributed by atoms with Gasteiger partial charge in [0.25, 0.3) is 0 Å². The first kappa shape index (κ1) is 19.3. The van der Waals surface area contributed by atoms with Crippen molar-refractivity contribution in [3.8, 4) is 67.8 Å². The van der Waals surface area contributed by atoms with Gasteiger partial charge in [-0.05, 0) is 81.7 Å². The van der Waals surface area contributed by atoms with Crippen molar-refractivity contribution in [1.82, 2.24) is 24.1 Å². The van der Waals surface area contributed by atoms with Crippen molar-refractivity contribution in [3.05, 3.63) is 224 Å². The van der Waals surface area contributed by atoms with Gasteiger partial charge in [0.2, 0.25) is 5.95 Å². The summed E-state index contributed by atoms with van der Waals surface area (Å²) in [5.74, 6) is -0.253. The molecule has 0 N–H and O–H groups in total. The van der Waals surface area contributed by atoms with Crippen LogP contribution in [0, 0.1) is 0 Å². The van der Waals surface area contributed by atoms with E-state index in [1.54, 1.807) is 42.5 Å². The van der Waals surface area contributed by atoms with Crippen molar-refractivity contribution in [1.29, 1.82) is 0 Å². The lowest BCUT2D eigenvalue weighted by atomic mass is 9.99. The first-order chi connectivity index (χ1) is 40.3. The van der Waals surface area contributed by atoms with Crippen LogP contribution in [0.3, 0.4) is 0 Å². The Bertz CT molecular complexity index is 4960. The summed E-state index contributed by atoms with van der Waals surface area (Å²) in [4.78, 5) is 14.7. The van der Waals surface area contributed by atoms with Gasteiger partial charge < -0.3 is 4.57 Å². The average molecular weight is 815 g/mol. The molecule has 12 rings (SSSR count). The van der Waals surface area contributed by atoms with E-state index in [4.69, 9.17) is 31.4 Å². The molecular weight excluding hydrogens is 755 g/mol. The average Bonchev–Trinajstić information content (AvgIpc) is 1.55. The van der Waals surface area contributed by atoms with Crippen molar-refractivity contribution in [2.45, 2.75) is 0 Å². The lowest BCUT2D eigenvalue weighted by molar-refractivity contribution is 0.953. The third-order valence-corrected chi connectivity index (χ3v) is 10.2. The van der Waals surface area contributed by atoms with Crippen molar-refractivity contribution in [3.63, 3.8) is 0 Å². The maximum atomic E-state index is 10.5. The number of rotatable bonds is 7. The van der Waals surface area contributed by atoms with Gasteiger partial charge in [0.05, 0.1) is 53.6 Å². The Morgan fingerprint density at radius 1 is 0.323 bits per heavy atom. The van der Waals surface area contributed by atoms with Crippen LogP contribution in [-0.4, -0.2) is 24.1 Å². The van der Waals surface area contributed by atoms with Crippen LogP contribution in [0.4, 0.5) is 0 Å². The van der Waals surface area contributed by atoms with Crippen LogP contribution in [0.15, 0.2) is 224 Å². The van der Waals surface area contributed by atoms with Gasteiger partial charge in [-0.2, -0.15) is 9.97 Å². The molecule has 0 fully saturated rings. The van der Waals surface area contributed by atoms with Gasteiger partial charge in [-0.15, -0.1) is 0 Å². The van der Waals surface area contributed by atoms with Gasteiger partial charge in [-0.1, -0.05) is 176 Å². The maximum Gasteiger partial charge on any atom is 0.238 e. The Morgan fingerprint density at radius 3 is 1.58 bits per heavy atom. The minimum absolute atomic E-state index is 0.0455. The zero-order valence-corrected chi connectivity index (χ0v) is 31.8. The molecule has 0 bridgehead atoms. The number of aromatic nitrogens is 5. The zero-order chi connectivity index (χ0) is 61.0. The van der Waals surface area contributed by atoms with Gasteiger partial charge in [0, 0.05) is 38.4 Å². The van der Waals surface area contributed by atoms with Gasteiger partial charge >= 0.3 is 0 Å². The highest BCUT2D eigenvalue weighted by molar-refractivity contribution is 6.19. The van der Waals surface area contributed by atoms with Gasteiger partial charge in [0.15, 0.2) is 11.6 Å². The number of hydrogen-bond donors (Lipinski definition) is 0. The highest BCUT2D eigenvalue weighted by Gasteiger charge is 2.21. The monoisotopic (exact) mass is 814 g/mol. The topological polar surface area (TPSA) is 48.5 Å². The molecule has 0 amide bonds. The number of benzene rings is 9. The first-order valence-corrected chi connectivity index (χ1v) is 19.1. The number of fused-ring (bicyclic) bond motifs is 6. The van der Waals surface area contributed by atoms with E-state index in [9.17, 15) is 15.1 Å². The zero-order valence-electron chi connectivity index (χ0n) is 54.8. The summed E-state index contributed by atoms with van der Waals surface area (Å²) in [6.45, 7) is 0. The third-order valence-electron chi connectivity index (χ3n) is 10.2. The summed E-state index contributed by atoms with van der Waals surface area (Å²) in [6.07, 6.45) is 0. The summed E-state index contributed by atoms with van der Waals surface area (Å²) in [6, 6.07) is 5.16. The number of nitrogens with zero attached hydrogens (tertiary/aromatic N) is 5. The molecule has 0 spiro atoms. The van der Waals surface area contributed by atoms with E-state index in [1.165, 1.54) is 0 Å². The van der Waals surface area contributed by atoms with Crippen LogP contribution in [0.2, 0.25) is 0 Å². The molecule has 9 aromatic carbocycles. The smallest absolute Gasteiger partial charge is 0.238 e. The molecule has 12 aromatic rings. The van der Waals surface area contributed by atoms with Crippen LogP contribution in [-0.2, 0) is 0 Å². The number of para-hydroxylation sites is 2. The van der Waals surface area contributed by atoms with Crippen LogP contribution in [0.5, 0.6) is 0 Å². The minimum atomic E-state index is -1.04. The summed E-state index contributed by atoms with van der Waals surface area (Å²) in [5, 5.41) is -1.64. The largest absolute Gasteiger partial charge is 0.309 e. The molecular formula is C57H37N5. The quantitative estimate of drug-likeness (QED) is 0.161. The van der Waals surface area contributed by atoms with Crippen molar-refractivity contribution in [2.24, 2.45) is 0 Å². The van der Waals surface area contributed by atoms with E-state index < -0.39 is 194 Å². The summed E-state index contributed by atoms with van der Waals surface area (Å²) >= 11 is 0. The van der Waals surface area contributed by atoms with Gasteiger partial charge in [-0.3, -0.25) is 4.57 Å². The molecule has 0 aliphatic heterocycles. The molecule has 0 aliphatic carbocycles. The van der Waals surface area contributed by atoms with E-state index in [2.05, 4.69) is 0 Å². The van der Waals surface area contributed by atoms with Crippen molar-refractivity contribution >= 4 is 43.6 Å².